The Morgan fingerprint density at radius 1 is 1.04 bits per heavy atom. The lowest BCUT2D eigenvalue weighted by atomic mass is 10.2. The molecule has 3 aromatic rings. The summed E-state index contributed by atoms with van der Waals surface area (Å²) in [6.45, 7) is 3.54. The summed E-state index contributed by atoms with van der Waals surface area (Å²) in [7, 11) is 0. The van der Waals surface area contributed by atoms with Crippen molar-refractivity contribution in [2.24, 2.45) is 0 Å². The number of esters is 1. The third-order valence-electron chi connectivity index (χ3n) is 3.81. The Balaban J connectivity index is 1.71. The smallest absolute Gasteiger partial charge is 0.340 e. The second kappa shape index (κ2) is 8.79. The first-order chi connectivity index (χ1) is 13.0. The highest BCUT2D eigenvalue weighted by molar-refractivity contribution is 7.12. The van der Waals surface area contributed by atoms with Crippen molar-refractivity contribution in [3.8, 4) is 0 Å². The molecule has 0 unspecified atom stereocenters. The topological polar surface area (TPSA) is 55.4 Å². The van der Waals surface area contributed by atoms with Crippen LogP contribution >= 0.6 is 22.7 Å². The lowest BCUT2D eigenvalue weighted by Gasteiger charge is -2.14. The highest BCUT2D eigenvalue weighted by Gasteiger charge is 2.22. The van der Waals surface area contributed by atoms with Crippen LogP contribution in [0.3, 0.4) is 0 Å². The molecular weight excluding hydrogens is 378 g/mol. The molecule has 4 nitrogen and oxygen atoms in total. The number of ether oxygens (including phenoxy) is 1. The van der Waals surface area contributed by atoms with E-state index in [0.717, 1.165) is 15.3 Å². The molecule has 0 fully saturated rings. The number of rotatable bonds is 6. The molecule has 3 rings (SSSR count). The molecule has 0 saturated heterocycles. The summed E-state index contributed by atoms with van der Waals surface area (Å²) in [5, 5.41) is 6.61. The van der Waals surface area contributed by atoms with Crippen molar-refractivity contribution in [3.63, 3.8) is 0 Å². The van der Waals surface area contributed by atoms with Gasteiger partial charge in [-0.3, -0.25) is 4.79 Å². The molecule has 1 N–H and O–H groups in total. The first kappa shape index (κ1) is 19.1. The zero-order chi connectivity index (χ0) is 19.2. The Kier molecular flexibility index (Phi) is 6.21. The summed E-state index contributed by atoms with van der Waals surface area (Å²) in [5.74, 6) is -0.883. The van der Waals surface area contributed by atoms with E-state index in [0.29, 0.717) is 11.3 Å². The Morgan fingerprint density at radius 2 is 1.74 bits per heavy atom. The van der Waals surface area contributed by atoms with E-state index in [1.54, 1.807) is 13.0 Å². The molecule has 1 amide bonds. The number of nitrogens with one attached hydrogen (secondary N) is 1. The lowest BCUT2D eigenvalue weighted by molar-refractivity contribution is -0.147. The Bertz CT molecular complexity index is 926. The highest BCUT2D eigenvalue weighted by Crippen LogP contribution is 2.26. The van der Waals surface area contributed by atoms with Gasteiger partial charge in [0, 0.05) is 15.4 Å². The van der Waals surface area contributed by atoms with Crippen LogP contribution in [0.1, 0.15) is 22.2 Å². The fourth-order valence-corrected chi connectivity index (χ4v) is 3.72. The molecule has 2 heterocycles. The van der Waals surface area contributed by atoms with Gasteiger partial charge < -0.3 is 10.1 Å². The van der Waals surface area contributed by atoms with Crippen molar-refractivity contribution in [2.45, 2.75) is 20.0 Å². The number of thiophene rings is 2. The van der Waals surface area contributed by atoms with Crippen molar-refractivity contribution in [3.05, 3.63) is 74.6 Å². The number of benzene rings is 1. The van der Waals surface area contributed by atoms with E-state index in [2.05, 4.69) is 5.32 Å². The monoisotopic (exact) mass is 397 g/mol. The van der Waals surface area contributed by atoms with Gasteiger partial charge in [0.05, 0.1) is 5.57 Å². The van der Waals surface area contributed by atoms with Gasteiger partial charge in [-0.2, -0.15) is 0 Å². The molecule has 138 valence electrons. The van der Waals surface area contributed by atoms with Gasteiger partial charge in [-0.25, -0.2) is 4.79 Å². The van der Waals surface area contributed by atoms with E-state index in [1.807, 2.05) is 66.2 Å². The van der Waals surface area contributed by atoms with E-state index in [9.17, 15) is 9.59 Å². The second-order valence-electron chi connectivity index (χ2n) is 5.95. The minimum atomic E-state index is -0.912. The van der Waals surface area contributed by atoms with Gasteiger partial charge in [-0.15, -0.1) is 22.7 Å². The first-order valence-corrected chi connectivity index (χ1v) is 10.2. The summed E-state index contributed by atoms with van der Waals surface area (Å²) in [4.78, 5) is 26.8. The zero-order valence-corrected chi connectivity index (χ0v) is 16.6. The molecule has 0 aliphatic rings. The van der Waals surface area contributed by atoms with Crippen LogP contribution in [-0.2, 0) is 14.3 Å². The minimum Gasteiger partial charge on any atom is -0.449 e. The number of hydrogen-bond acceptors (Lipinski definition) is 5. The third kappa shape index (κ3) is 5.15. The van der Waals surface area contributed by atoms with Crippen LogP contribution in [0.2, 0.25) is 0 Å². The molecule has 0 radical (unpaired) electrons. The van der Waals surface area contributed by atoms with Gasteiger partial charge in [0.2, 0.25) is 0 Å². The number of amides is 1. The van der Waals surface area contributed by atoms with Gasteiger partial charge in [-0.05, 0) is 54.9 Å². The number of carbonyl (C=O) groups is 2. The van der Waals surface area contributed by atoms with Gasteiger partial charge in [0.15, 0.2) is 6.10 Å². The Hall–Kier alpha value is -2.70. The summed E-state index contributed by atoms with van der Waals surface area (Å²) in [6, 6.07) is 15.0. The molecule has 27 heavy (non-hydrogen) atoms. The van der Waals surface area contributed by atoms with E-state index in [-0.39, 0.29) is 5.91 Å². The molecule has 0 spiro atoms. The maximum atomic E-state index is 12.7. The third-order valence-corrected chi connectivity index (χ3v) is 5.53. The molecule has 0 aliphatic carbocycles. The van der Waals surface area contributed by atoms with Crippen molar-refractivity contribution >= 4 is 51.9 Å². The van der Waals surface area contributed by atoms with E-state index < -0.39 is 12.1 Å². The number of hydrogen-bond donors (Lipinski definition) is 1. The van der Waals surface area contributed by atoms with Gasteiger partial charge in [0.1, 0.15) is 0 Å². The number of aryl methyl sites for hydroxylation is 1. The number of anilines is 1. The SMILES string of the molecule is Cc1ccc(NC(=O)[C@@H](C)OC(=O)/C(=C/c2cccs2)c2cccs2)cc1. The van der Waals surface area contributed by atoms with Gasteiger partial charge in [-0.1, -0.05) is 29.8 Å². The normalized spacial score (nSPS) is 12.4. The summed E-state index contributed by atoms with van der Waals surface area (Å²) >= 11 is 2.99. The largest absolute Gasteiger partial charge is 0.449 e. The predicted octanol–water partition coefficient (Wildman–Crippen LogP) is 5.23. The lowest BCUT2D eigenvalue weighted by Crippen LogP contribution is -2.30. The fraction of sp³-hybridized carbons (Fsp3) is 0.143. The molecule has 0 saturated carbocycles. The molecule has 0 bridgehead atoms. The quantitative estimate of drug-likeness (QED) is 0.458. The molecule has 6 heteroatoms. The summed E-state index contributed by atoms with van der Waals surface area (Å²) < 4.78 is 5.43. The van der Waals surface area contributed by atoms with Gasteiger partial charge in [0.25, 0.3) is 5.91 Å². The standard InChI is InChI=1S/C21H19NO3S2/c1-14-7-9-16(10-8-14)22-20(23)15(2)25-21(24)18(19-6-4-12-27-19)13-17-5-3-11-26-17/h3-13,15H,1-2H3,(H,22,23)/b18-13+/t15-/m1/s1. The molecule has 1 aromatic carbocycles. The van der Waals surface area contributed by atoms with Crippen molar-refractivity contribution < 1.29 is 14.3 Å². The predicted molar refractivity (Wildman–Crippen MR) is 112 cm³/mol. The molecular formula is C21H19NO3S2. The first-order valence-electron chi connectivity index (χ1n) is 8.40. The van der Waals surface area contributed by atoms with E-state index >= 15 is 0 Å². The van der Waals surface area contributed by atoms with Crippen molar-refractivity contribution in [1.82, 2.24) is 0 Å². The van der Waals surface area contributed by atoms with E-state index in [4.69, 9.17) is 4.74 Å². The van der Waals surface area contributed by atoms with E-state index in [1.165, 1.54) is 22.7 Å². The average Bonchev–Trinajstić information content (AvgIpc) is 3.35. The van der Waals surface area contributed by atoms with Crippen LogP contribution in [0.25, 0.3) is 11.6 Å². The van der Waals surface area contributed by atoms with Crippen LogP contribution in [-0.4, -0.2) is 18.0 Å². The Morgan fingerprint density at radius 3 is 2.37 bits per heavy atom. The van der Waals surface area contributed by atoms with Crippen LogP contribution in [0.15, 0.2) is 59.3 Å². The Labute approximate surface area is 166 Å². The highest BCUT2D eigenvalue weighted by atomic mass is 32.1. The maximum Gasteiger partial charge on any atom is 0.340 e. The van der Waals surface area contributed by atoms with Crippen molar-refractivity contribution in [1.29, 1.82) is 0 Å². The summed E-state index contributed by atoms with van der Waals surface area (Å²) in [5.41, 5.74) is 2.22. The zero-order valence-electron chi connectivity index (χ0n) is 15.0. The second-order valence-corrected chi connectivity index (χ2v) is 7.88. The average molecular weight is 398 g/mol. The van der Waals surface area contributed by atoms with Crippen molar-refractivity contribution in [2.75, 3.05) is 5.32 Å². The molecule has 0 aliphatic heterocycles. The number of carbonyl (C=O) groups excluding carboxylic acids is 2. The molecule has 1 atom stereocenters. The molecule has 2 aromatic heterocycles. The summed E-state index contributed by atoms with van der Waals surface area (Å²) in [6.07, 6.45) is 0.883. The maximum absolute atomic E-state index is 12.7. The van der Waals surface area contributed by atoms with Gasteiger partial charge >= 0.3 is 5.97 Å². The fourth-order valence-electron chi connectivity index (χ4n) is 2.34. The van der Waals surface area contributed by atoms with Crippen LogP contribution in [0.5, 0.6) is 0 Å². The van der Waals surface area contributed by atoms with Crippen LogP contribution < -0.4 is 5.32 Å². The van der Waals surface area contributed by atoms with Crippen LogP contribution in [0.4, 0.5) is 5.69 Å². The minimum absolute atomic E-state index is 0.367. The van der Waals surface area contributed by atoms with Crippen LogP contribution in [0, 0.1) is 6.92 Å².